The fourth-order valence-corrected chi connectivity index (χ4v) is 3.51. The molecule has 178 valence electrons. The third-order valence-corrected chi connectivity index (χ3v) is 4.93. The molecular formula is C21H22O12. The second kappa shape index (κ2) is 8.65. The molecule has 0 saturated carbocycles. The van der Waals surface area contributed by atoms with Crippen LogP contribution in [0.2, 0.25) is 0 Å². The highest BCUT2D eigenvalue weighted by atomic mass is 16.5. The highest BCUT2D eigenvalue weighted by molar-refractivity contribution is 5.97. The predicted molar refractivity (Wildman–Crippen MR) is 114 cm³/mol. The van der Waals surface area contributed by atoms with Crippen molar-refractivity contribution in [3.63, 3.8) is 0 Å². The molecule has 0 bridgehead atoms. The summed E-state index contributed by atoms with van der Waals surface area (Å²) >= 11 is 0. The quantitative estimate of drug-likeness (QED) is 0.376. The summed E-state index contributed by atoms with van der Waals surface area (Å²) in [5.74, 6) is -5.09. The molecule has 0 unspecified atom stereocenters. The normalized spacial score (nSPS) is 10.7. The molecule has 3 aromatic rings. The lowest BCUT2D eigenvalue weighted by molar-refractivity contribution is 0.305. The molecule has 0 saturated heterocycles. The van der Waals surface area contributed by atoms with Crippen molar-refractivity contribution in [2.75, 3.05) is 42.7 Å². The highest BCUT2D eigenvalue weighted by Crippen LogP contribution is 2.58. The van der Waals surface area contributed by atoms with Crippen LogP contribution in [0.15, 0.2) is 9.21 Å². The van der Waals surface area contributed by atoms with Gasteiger partial charge < -0.3 is 53.3 Å². The first-order valence-corrected chi connectivity index (χ1v) is 9.18. The van der Waals surface area contributed by atoms with E-state index in [-0.39, 0.29) is 39.9 Å². The first-order valence-electron chi connectivity index (χ1n) is 9.18. The van der Waals surface area contributed by atoms with E-state index in [2.05, 4.69) is 0 Å². The van der Waals surface area contributed by atoms with E-state index in [1.54, 1.807) is 0 Å². The Hall–Kier alpha value is -4.35. The zero-order valence-corrected chi connectivity index (χ0v) is 18.6. The van der Waals surface area contributed by atoms with E-state index < -0.39 is 45.3 Å². The van der Waals surface area contributed by atoms with E-state index in [0.29, 0.717) is 0 Å². The molecule has 0 spiro atoms. The van der Waals surface area contributed by atoms with Crippen molar-refractivity contribution in [2.24, 2.45) is 0 Å². The van der Waals surface area contributed by atoms with Gasteiger partial charge in [-0.3, -0.25) is 4.79 Å². The molecule has 0 radical (unpaired) electrons. The molecule has 0 amide bonds. The SMILES string of the molecule is COc1c(O)c(O)c(OC)c(-c2oc3c(OC)c(O)c(OC)c(O)c3c(=O)c2OC)c1OC. The largest absolute Gasteiger partial charge is 0.504 e. The molecule has 0 aliphatic carbocycles. The first-order chi connectivity index (χ1) is 15.7. The van der Waals surface area contributed by atoms with Crippen molar-refractivity contribution in [3.8, 4) is 68.8 Å². The van der Waals surface area contributed by atoms with Crippen LogP contribution in [0, 0.1) is 0 Å². The molecule has 3 rings (SSSR count). The Balaban J connectivity index is 2.66. The van der Waals surface area contributed by atoms with E-state index in [1.807, 2.05) is 0 Å². The summed E-state index contributed by atoms with van der Waals surface area (Å²) < 4.78 is 37.0. The molecule has 2 aromatic carbocycles. The van der Waals surface area contributed by atoms with Crippen LogP contribution in [0.1, 0.15) is 0 Å². The number of phenolic OH excluding ortho intramolecular Hbond substituents is 4. The molecule has 4 N–H and O–H groups in total. The van der Waals surface area contributed by atoms with Crippen LogP contribution >= 0.6 is 0 Å². The minimum atomic E-state index is -0.876. The van der Waals surface area contributed by atoms with Crippen molar-refractivity contribution < 1.29 is 53.3 Å². The Morgan fingerprint density at radius 3 is 1.52 bits per heavy atom. The Morgan fingerprint density at radius 1 is 0.545 bits per heavy atom. The zero-order valence-electron chi connectivity index (χ0n) is 18.6. The van der Waals surface area contributed by atoms with E-state index in [1.165, 1.54) is 42.7 Å². The fourth-order valence-electron chi connectivity index (χ4n) is 3.51. The minimum absolute atomic E-state index is 0.167. The van der Waals surface area contributed by atoms with Crippen LogP contribution in [0.4, 0.5) is 0 Å². The average molecular weight is 466 g/mol. The summed E-state index contributed by atoms with van der Waals surface area (Å²) in [6, 6.07) is 0. The van der Waals surface area contributed by atoms with E-state index in [9.17, 15) is 25.2 Å². The van der Waals surface area contributed by atoms with Crippen molar-refractivity contribution >= 4 is 11.0 Å². The summed E-state index contributed by atoms with van der Waals surface area (Å²) in [6.45, 7) is 0. The van der Waals surface area contributed by atoms with Crippen molar-refractivity contribution in [3.05, 3.63) is 10.2 Å². The predicted octanol–water partition coefficient (Wildman–Crippen LogP) is 2.33. The summed E-state index contributed by atoms with van der Waals surface area (Å²) in [4.78, 5) is 13.4. The number of hydrogen-bond donors (Lipinski definition) is 4. The second-order valence-corrected chi connectivity index (χ2v) is 6.43. The molecule has 0 aliphatic rings. The summed E-state index contributed by atoms with van der Waals surface area (Å²) in [6.07, 6.45) is 0. The molecule has 12 heteroatoms. The number of phenols is 4. The number of ether oxygens (including phenoxy) is 6. The van der Waals surface area contributed by atoms with Gasteiger partial charge in [-0.05, 0) is 0 Å². The third kappa shape index (κ3) is 3.18. The highest BCUT2D eigenvalue weighted by Gasteiger charge is 2.34. The monoisotopic (exact) mass is 466 g/mol. The molecule has 0 fully saturated rings. The maximum absolute atomic E-state index is 13.4. The maximum Gasteiger partial charge on any atom is 0.239 e. The van der Waals surface area contributed by atoms with Gasteiger partial charge >= 0.3 is 0 Å². The number of fused-ring (bicyclic) bond motifs is 1. The van der Waals surface area contributed by atoms with Gasteiger partial charge in [0.15, 0.2) is 28.6 Å². The Bertz CT molecular complexity index is 1290. The van der Waals surface area contributed by atoms with E-state index in [0.717, 1.165) is 0 Å². The van der Waals surface area contributed by atoms with Crippen molar-refractivity contribution in [2.45, 2.75) is 0 Å². The number of rotatable bonds is 7. The number of benzene rings is 2. The first kappa shape index (κ1) is 23.3. The van der Waals surface area contributed by atoms with Crippen molar-refractivity contribution in [1.82, 2.24) is 0 Å². The molecule has 0 atom stereocenters. The maximum atomic E-state index is 13.4. The van der Waals surface area contributed by atoms with Gasteiger partial charge in [-0.2, -0.15) is 0 Å². The lowest BCUT2D eigenvalue weighted by atomic mass is 10.0. The van der Waals surface area contributed by atoms with Gasteiger partial charge in [-0.15, -0.1) is 0 Å². The Kier molecular flexibility index (Phi) is 6.11. The topological polar surface area (TPSA) is 167 Å². The Labute approximate surface area is 186 Å². The van der Waals surface area contributed by atoms with Crippen LogP contribution in [0.5, 0.6) is 57.5 Å². The zero-order chi connectivity index (χ0) is 24.6. The standard InChI is InChI=1S/C21H22O12/c1-27-14-8(15(28-2)20(31-5)12(25)11(14)24)17-19(30-4)10(23)7-9(22)18(29-3)13(26)21(32-6)16(7)33-17/h22,24-26H,1-6H3. The van der Waals surface area contributed by atoms with Gasteiger partial charge in [0.1, 0.15) is 10.9 Å². The average Bonchev–Trinajstić information content (AvgIpc) is 2.80. The van der Waals surface area contributed by atoms with Crippen LogP contribution in [-0.2, 0) is 0 Å². The van der Waals surface area contributed by atoms with E-state index in [4.69, 9.17) is 32.8 Å². The smallest absolute Gasteiger partial charge is 0.239 e. The summed E-state index contributed by atoms with van der Waals surface area (Å²) in [5, 5.41) is 41.4. The van der Waals surface area contributed by atoms with Gasteiger partial charge in [0, 0.05) is 0 Å². The fraction of sp³-hybridized carbons (Fsp3) is 0.286. The van der Waals surface area contributed by atoms with Gasteiger partial charge in [-0.25, -0.2) is 0 Å². The molecule has 1 heterocycles. The minimum Gasteiger partial charge on any atom is -0.504 e. The number of hydrogen-bond acceptors (Lipinski definition) is 12. The molecule has 0 aliphatic heterocycles. The molecule has 1 aromatic heterocycles. The van der Waals surface area contributed by atoms with Crippen LogP contribution < -0.4 is 33.8 Å². The lowest BCUT2D eigenvalue weighted by Gasteiger charge is -2.20. The second-order valence-electron chi connectivity index (χ2n) is 6.43. The van der Waals surface area contributed by atoms with Crippen LogP contribution in [0.3, 0.4) is 0 Å². The molecule has 33 heavy (non-hydrogen) atoms. The van der Waals surface area contributed by atoms with Gasteiger partial charge in [0.25, 0.3) is 0 Å². The summed E-state index contributed by atoms with van der Waals surface area (Å²) in [7, 11) is 7.20. The molecule has 12 nitrogen and oxygen atoms in total. The molecular weight excluding hydrogens is 444 g/mol. The van der Waals surface area contributed by atoms with E-state index >= 15 is 0 Å². The Morgan fingerprint density at radius 2 is 1.03 bits per heavy atom. The summed E-state index contributed by atoms with van der Waals surface area (Å²) in [5.41, 5.74) is -1.41. The van der Waals surface area contributed by atoms with Gasteiger partial charge in [0.05, 0.1) is 42.7 Å². The number of methoxy groups -OCH3 is 6. The van der Waals surface area contributed by atoms with Crippen molar-refractivity contribution in [1.29, 1.82) is 0 Å². The number of aromatic hydroxyl groups is 4. The third-order valence-electron chi connectivity index (χ3n) is 4.93. The van der Waals surface area contributed by atoms with Crippen LogP contribution in [0.25, 0.3) is 22.3 Å². The van der Waals surface area contributed by atoms with Crippen LogP contribution in [-0.4, -0.2) is 63.1 Å². The van der Waals surface area contributed by atoms with Gasteiger partial charge in [0.2, 0.25) is 45.7 Å². The van der Waals surface area contributed by atoms with Gasteiger partial charge in [-0.1, -0.05) is 0 Å². The lowest BCUT2D eigenvalue weighted by Crippen LogP contribution is -2.10.